The van der Waals surface area contributed by atoms with Gasteiger partial charge in [0.15, 0.2) is 0 Å². The Hall–Kier alpha value is -3.41. The summed E-state index contributed by atoms with van der Waals surface area (Å²) in [5.41, 5.74) is 6.07. The van der Waals surface area contributed by atoms with Gasteiger partial charge in [-0.3, -0.25) is 4.79 Å². The molecule has 5 N–H and O–H groups in total. The summed E-state index contributed by atoms with van der Waals surface area (Å²) >= 11 is 1.96. The van der Waals surface area contributed by atoms with Crippen LogP contribution in [0.15, 0.2) is 60.7 Å². The number of amides is 3. The first-order chi connectivity index (χ1) is 15.8. The van der Waals surface area contributed by atoms with Gasteiger partial charge in [0.25, 0.3) is 5.91 Å². The van der Waals surface area contributed by atoms with Gasteiger partial charge in [-0.25, -0.2) is 13.6 Å². The van der Waals surface area contributed by atoms with Crippen LogP contribution in [0.25, 0.3) is 0 Å². The van der Waals surface area contributed by atoms with Crippen molar-refractivity contribution in [2.75, 3.05) is 23.8 Å². The Balaban J connectivity index is 1.61. The third-order valence-corrected chi connectivity index (χ3v) is 5.08. The molecule has 0 aromatic heterocycles. The van der Waals surface area contributed by atoms with E-state index in [2.05, 4.69) is 16.0 Å². The maximum Gasteiger partial charge on any atom is 0.319 e. The van der Waals surface area contributed by atoms with Crippen LogP contribution in [0.4, 0.5) is 30.6 Å². The minimum Gasteiger partial charge on any atom is -0.492 e. The molecule has 0 saturated carbocycles. The molecule has 7 nitrogen and oxygen atoms in total. The lowest BCUT2D eigenvalue weighted by molar-refractivity contribution is 0.0997. The van der Waals surface area contributed by atoms with Gasteiger partial charge in [-0.15, -0.1) is 0 Å². The van der Waals surface area contributed by atoms with Gasteiger partial charge in [0.1, 0.15) is 22.9 Å². The molecule has 3 rings (SSSR count). The smallest absolute Gasteiger partial charge is 0.319 e. The van der Waals surface area contributed by atoms with Crippen molar-refractivity contribution < 1.29 is 23.1 Å². The van der Waals surface area contributed by atoms with Crippen molar-refractivity contribution in [2.45, 2.75) is 6.42 Å². The van der Waals surface area contributed by atoms with E-state index < -0.39 is 17.5 Å². The van der Waals surface area contributed by atoms with Crippen LogP contribution in [-0.4, -0.2) is 25.1 Å². The van der Waals surface area contributed by atoms with Gasteiger partial charge in [0.2, 0.25) is 0 Å². The van der Waals surface area contributed by atoms with Crippen molar-refractivity contribution in [3.63, 3.8) is 0 Å². The molecule has 33 heavy (non-hydrogen) atoms. The number of primary amides is 1. The van der Waals surface area contributed by atoms with E-state index in [-0.39, 0.29) is 41.9 Å². The fourth-order valence-electron chi connectivity index (χ4n) is 2.94. The second-order valence-corrected chi connectivity index (χ2v) is 8.13. The number of ether oxygens (including phenoxy) is 1. The monoisotopic (exact) mass is 566 g/mol. The predicted octanol–water partition coefficient (Wildman–Crippen LogP) is 5.00. The lowest BCUT2D eigenvalue weighted by Gasteiger charge is -2.16. The number of hydrogen-bond acceptors (Lipinski definition) is 4. The molecule has 0 radical (unpaired) electrons. The molecule has 0 aliphatic carbocycles. The SMILES string of the molecule is NC(=O)c1c(Nc2ccc(I)cc2F)cc(F)cc1OCCCNC(=O)Nc1ccccc1. The number of rotatable bonds is 9. The highest BCUT2D eigenvalue weighted by molar-refractivity contribution is 14.1. The van der Waals surface area contributed by atoms with Gasteiger partial charge in [-0.1, -0.05) is 18.2 Å². The Morgan fingerprint density at radius 3 is 2.45 bits per heavy atom. The minimum absolute atomic E-state index is 0.0158. The lowest BCUT2D eigenvalue weighted by atomic mass is 10.1. The molecule has 0 atom stereocenters. The zero-order valence-electron chi connectivity index (χ0n) is 17.3. The quantitative estimate of drug-likeness (QED) is 0.216. The highest BCUT2D eigenvalue weighted by atomic mass is 127. The Labute approximate surface area is 202 Å². The van der Waals surface area contributed by atoms with E-state index in [1.54, 1.807) is 30.3 Å². The van der Waals surface area contributed by atoms with Crippen molar-refractivity contribution in [3.05, 3.63) is 81.4 Å². The van der Waals surface area contributed by atoms with E-state index in [9.17, 15) is 18.4 Å². The van der Waals surface area contributed by atoms with Gasteiger partial charge in [0.05, 0.1) is 18.0 Å². The van der Waals surface area contributed by atoms with Gasteiger partial charge >= 0.3 is 6.03 Å². The Bertz CT molecular complexity index is 1150. The van der Waals surface area contributed by atoms with Gasteiger partial charge in [0, 0.05) is 21.9 Å². The lowest BCUT2D eigenvalue weighted by Crippen LogP contribution is -2.30. The standard InChI is InChI=1S/C23H21F2IN4O3/c24-14-11-19(30-18-8-7-15(26)13-17(18)25)21(22(27)31)20(12-14)33-10-4-9-28-23(32)29-16-5-2-1-3-6-16/h1-3,5-8,11-13,30H,4,9-10H2,(H2,27,31)(H2,28,29,32). The van der Waals surface area contributed by atoms with Crippen LogP contribution < -0.4 is 26.4 Å². The number of carbonyl (C=O) groups is 2. The zero-order valence-corrected chi connectivity index (χ0v) is 19.5. The first-order valence-electron chi connectivity index (χ1n) is 9.91. The van der Waals surface area contributed by atoms with E-state index in [1.807, 2.05) is 28.7 Å². The summed E-state index contributed by atoms with van der Waals surface area (Å²) in [5.74, 6) is -2.20. The van der Waals surface area contributed by atoms with Crippen LogP contribution in [0.5, 0.6) is 5.75 Å². The van der Waals surface area contributed by atoms with Crippen molar-refractivity contribution >= 4 is 51.6 Å². The first-order valence-corrected chi connectivity index (χ1v) is 11.0. The summed E-state index contributed by atoms with van der Waals surface area (Å²) in [7, 11) is 0. The molecule has 0 unspecified atom stereocenters. The third kappa shape index (κ3) is 7.04. The van der Waals surface area contributed by atoms with E-state index in [4.69, 9.17) is 10.5 Å². The number of benzene rings is 3. The molecule has 3 amide bonds. The van der Waals surface area contributed by atoms with Gasteiger partial charge < -0.3 is 26.4 Å². The predicted molar refractivity (Wildman–Crippen MR) is 131 cm³/mol. The number of halogens is 3. The van der Waals surface area contributed by atoms with Crippen LogP contribution in [0.1, 0.15) is 16.8 Å². The normalized spacial score (nSPS) is 10.4. The number of para-hydroxylation sites is 1. The number of carbonyl (C=O) groups excluding carboxylic acids is 2. The average molecular weight is 566 g/mol. The second kappa shape index (κ2) is 11.5. The van der Waals surface area contributed by atoms with E-state index in [0.29, 0.717) is 15.7 Å². The average Bonchev–Trinajstić information content (AvgIpc) is 2.75. The molecule has 3 aromatic carbocycles. The molecule has 10 heteroatoms. The molecule has 0 bridgehead atoms. The molecule has 0 aliphatic rings. The Morgan fingerprint density at radius 2 is 1.76 bits per heavy atom. The fraction of sp³-hybridized carbons (Fsp3) is 0.130. The second-order valence-electron chi connectivity index (χ2n) is 6.89. The van der Waals surface area contributed by atoms with Crippen molar-refractivity contribution in [3.8, 4) is 5.75 Å². The Kier molecular flexibility index (Phi) is 8.41. The minimum atomic E-state index is -0.862. The first kappa shape index (κ1) is 24.2. The van der Waals surface area contributed by atoms with Crippen LogP contribution >= 0.6 is 22.6 Å². The van der Waals surface area contributed by atoms with Crippen molar-refractivity contribution in [1.82, 2.24) is 5.32 Å². The molecular formula is C23H21F2IN4O3. The maximum absolute atomic E-state index is 14.2. The van der Waals surface area contributed by atoms with Crippen LogP contribution in [-0.2, 0) is 0 Å². The third-order valence-electron chi connectivity index (χ3n) is 4.41. The topological polar surface area (TPSA) is 105 Å². The number of hydrogen-bond donors (Lipinski definition) is 4. The maximum atomic E-state index is 14.2. The molecule has 0 spiro atoms. The summed E-state index contributed by atoms with van der Waals surface area (Å²) in [6.45, 7) is 0.353. The van der Waals surface area contributed by atoms with E-state index >= 15 is 0 Å². The highest BCUT2D eigenvalue weighted by Gasteiger charge is 2.19. The molecule has 0 fully saturated rings. The van der Waals surface area contributed by atoms with Gasteiger partial charge in [-0.05, 0) is 65.4 Å². The summed E-state index contributed by atoms with van der Waals surface area (Å²) in [4.78, 5) is 23.9. The summed E-state index contributed by atoms with van der Waals surface area (Å²) < 4.78 is 34.6. The number of anilines is 3. The van der Waals surface area contributed by atoms with E-state index in [0.717, 1.165) is 12.1 Å². The molecular weight excluding hydrogens is 545 g/mol. The fourth-order valence-corrected chi connectivity index (χ4v) is 3.39. The highest BCUT2D eigenvalue weighted by Crippen LogP contribution is 2.31. The van der Waals surface area contributed by atoms with Crippen LogP contribution in [0.2, 0.25) is 0 Å². The summed E-state index contributed by atoms with van der Waals surface area (Å²) in [5, 5.41) is 8.06. The number of nitrogens with one attached hydrogen (secondary N) is 3. The summed E-state index contributed by atoms with van der Waals surface area (Å²) in [6.07, 6.45) is 0.380. The van der Waals surface area contributed by atoms with Crippen LogP contribution in [0, 0.1) is 15.2 Å². The molecule has 0 saturated heterocycles. The van der Waals surface area contributed by atoms with Gasteiger partial charge in [-0.2, -0.15) is 0 Å². The molecule has 0 aliphatic heterocycles. The molecule has 172 valence electrons. The van der Waals surface area contributed by atoms with E-state index in [1.165, 1.54) is 12.1 Å². The van der Waals surface area contributed by atoms with Crippen LogP contribution in [0.3, 0.4) is 0 Å². The van der Waals surface area contributed by atoms with Crippen molar-refractivity contribution in [1.29, 1.82) is 0 Å². The Morgan fingerprint density at radius 1 is 1.00 bits per heavy atom. The number of nitrogens with two attached hydrogens (primary N) is 1. The summed E-state index contributed by atoms with van der Waals surface area (Å²) in [6, 6.07) is 15.1. The zero-order chi connectivity index (χ0) is 23.8. The van der Waals surface area contributed by atoms with Crippen molar-refractivity contribution in [2.24, 2.45) is 5.73 Å². The molecule has 3 aromatic rings. The molecule has 0 heterocycles. The number of urea groups is 1. The largest absolute Gasteiger partial charge is 0.492 e.